The summed E-state index contributed by atoms with van der Waals surface area (Å²) in [5.74, 6) is 1.07. The smallest absolute Gasteiger partial charge is 0.291 e. The van der Waals surface area contributed by atoms with Crippen LogP contribution in [0, 0.1) is 0 Å². The van der Waals surface area contributed by atoms with Crippen molar-refractivity contribution in [2.75, 3.05) is 17.2 Å². The zero-order chi connectivity index (χ0) is 17.4. The highest BCUT2D eigenvalue weighted by atomic mass is 35.5. The Morgan fingerprint density at radius 1 is 1.21 bits per heavy atom. The Kier molecular flexibility index (Phi) is 5.35. The van der Waals surface area contributed by atoms with Crippen LogP contribution in [-0.2, 0) is 0 Å². The van der Waals surface area contributed by atoms with E-state index in [1.165, 1.54) is 10.9 Å². The van der Waals surface area contributed by atoms with Crippen molar-refractivity contribution in [2.45, 2.75) is 25.1 Å². The topological polar surface area (TPSA) is 38.1 Å². The molecule has 2 heterocycles. The van der Waals surface area contributed by atoms with Crippen LogP contribution in [-0.4, -0.2) is 33.4 Å². The number of nitrogens with zero attached hydrogens (tertiary/aromatic N) is 3. The van der Waals surface area contributed by atoms with Crippen molar-refractivity contribution in [3.05, 3.63) is 49.8 Å². The first-order chi connectivity index (χ1) is 11.4. The Balaban J connectivity index is 1.99. The van der Waals surface area contributed by atoms with Gasteiger partial charge in [-0.3, -0.25) is 4.79 Å². The van der Waals surface area contributed by atoms with Gasteiger partial charge in [0.05, 0.1) is 27.6 Å². The monoisotopic (exact) mass is 403 g/mol. The van der Waals surface area contributed by atoms with E-state index in [9.17, 15) is 4.79 Å². The van der Waals surface area contributed by atoms with Crippen molar-refractivity contribution in [3.63, 3.8) is 0 Å². The van der Waals surface area contributed by atoms with Crippen LogP contribution < -0.4 is 10.5 Å². The number of aromatic nitrogens is 2. The lowest BCUT2D eigenvalue weighted by molar-refractivity contribution is 0.627. The second-order valence-corrected chi connectivity index (χ2v) is 8.35. The molecule has 2 aromatic rings. The van der Waals surface area contributed by atoms with Gasteiger partial charge in [0.1, 0.15) is 5.02 Å². The molecule has 0 amide bonds. The molecule has 0 aliphatic carbocycles. The lowest BCUT2D eigenvalue weighted by Crippen LogP contribution is -2.44. The second-order valence-electron chi connectivity index (χ2n) is 5.67. The Morgan fingerprint density at radius 2 is 1.96 bits per heavy atom. The summed E-state index contributed by atoms with van der Waals surface area (Å²) in [6.07, 6.45) is 1.35. The average molecular weight is 405 g/mol. The summed E-state index contributed by atoms with van der Waals surface area (Å²) in [6.45, 7) is 5.37. The lowest BCUT2D eigenvalue weighted by atomic mass is 10.1. The molecule has 1 aromatic heterocycles. The number of benzene rings is 1. The third-order valence-electron chi connectivity index (χ3n) is 4.25. The SMILES string of the molecule is CC1SCCN(c2ccc(-n3ncc(Cl)c(Cl)c3=O)cc2Cl)C1C. The van der Waals surface area contributed by atoms with Crippen LogP contribution in [0.4, 0.5) is 5.69 Å². The lowest BCUT2D eigenvalue weighted by Gasteiger charge is -2.39. The van der Waals surface area contributed by atoms with Crippen LogP contribution in [0.3, 0.4) is 0 Å². The van der Waals surface area contributed by atoms with Crippen molar-refractivity contribution < 1.29 is 0 Å². The average Bonchev–Trinajstić information content (AvgIpc) is 2.56. The minimum atomic E-state index is -0.468. The maximum Gasteiger partial charge on any atom is 0.291 e. The summed E-state index contributed by atoms with van der Waals surface area (Å²) in [6, 6.07) is 5.86. The molecule has 24 heavy (non-hydrogen) atoms. The molecule has 0 spiro atoms. The van der Waals surface area contributed by atoms with Gasteiger partial charge >= 0.3 is 0 Å². The molecule has 1 aliphatic rings. The van der Waals surface area contributed by atoms with Crippen molar-refractivity contribution >= 4 is 52.3 Å². The minimum Gasteiger partial charge on any atom is -0.366 e. The van der Waals surface area contributed by atoms with Crippen LogP contribution in [0.2, 0.25) is 15.1 Å². The van der Waals surface area contributed by atoms with E-state index in [0.29, 0.717) is 22.0 Å². The summed E-state index contributed by atoms with van der Waals surface area (Å²) in [5, 5.41) is 5.23. The maximum absolute atomic E-state index is 12.2. The zero-order valence-electron chi connectivity index (χ0n) is 13.2. The highest BCUT2D eigenvalue weighted by Crippen LogP contribution is 2.34. The van der Waals surface area contributed by atoms with Crippen LogP contribution in [0.15, 0.2) is 29.2 Å². The Hall–Kier alpha value is -0.880. The van der Waals surface area contributed by atoms with Crippen molar-refractivity contribution in [3.8, 4) is 5.69 Å². The van der Waals surface area contributed by atoms with Gasteiger partial charge < -0.3 is 4.90 Å². The molecule has 8 heteroatoms. The van der Waals surface area contributed by atoms with Gasteiger partial charge in [0.15, 0.2) is 0 Å². The third kappa shape index (κ3) is 3.27. The van der Waals surface area contributed by atoms with Crippen LogP contribution >= 0.6 is 46.6 Å². The molecule has 0 bridgehead atoms. The Morgan fingerprint density at radius 3 is 2.67 bits per heavy atom. The third-order valence-corrected chi connectivity index (χ3v) is 6.63. The van der Waals surface area contributed by atoms with Gasteiger partial charge in [-0.2, -0.15) is 21.5 Å². The molecule has 1 saturated heterocycles. The number of rotatable bonds is 2. The van der Waals surface area contributed by atoms with Crippen molar-refractivity contribution in [1.82, 2.24) is 9.78 Å². The van der Waals surface area contributed by atoms with Crippen LogP contribution in [0.5, 0.6) is 0 Å². The molecule has 2 atom stereocenters. The fourth-order valence-electron chi connectivity index (χ4n) is 2.73. The highest BCUT2D eigenvalue weighted by Gasteiger charge is 2.26. The summed E-state index contributed by atoms with van der Waals surface area (Å²) < 4.78 is 1.20. The quantitative estimate of drug-likeness (QED) is 0.737. The molecular formula is C16H16Cl3N3OS. The fraction of sp³-hybridized carbons (Fsp3) is 0.375. The molecule has 1 aromatic carbocycles. The molecule has 128 valence electrons. The van der Waals surface area contributed by atoms with Crippen LogP contribution in [0.25, 0.3) is 5.69 Å². The van der Waals surface area contributed by atoms with Gasteiger partial charge in [-0.15, -0.1) is 0 Å². The first-order valence-electron chi connectivity index (χ1n) is 7.51. The van der Waals surface area contributed by atoms with E-state index in [1.807, 2.05) is 23.9 Å². The number of halogens is 3. The Bertz CT molecular complexity index is 827. The van der Waals surface area contributed by atoms with Crippen molar-refractivity contribution in [2.24, 2.45) is 0 Å². The van der Waals surface area contributed by atoms with E-state index in [4.69, 9.17) is 34.8 Å². The number of hydrogen-bond donors (Lipinski definition) is 0. The van der Waals surface area contributed by atoms with E-state index in [1.54, 1.807) is 6.07 Å². The van der Waals surface area contributed by atoms with Crippen molar-refractivity contribution in [1.29, 1.82) is 0 Å². The predicted octanol–water partition coefficient (Wildman–Crippen LogP) is 4.52. The zero-order valence-corrected chi connectivity index (χ0v) is 16.3. The van der Waals surface area contributed by atoms with Gasteiger partial charge in [0, 0.05) is 23.6 Å². The molecule has 2 unspecified atom stereocenters. The largest absolute Gasteiger partial charge is 0.366 e. The molecule has 1 aliphatic heterocycles. The first kappa shape index (κ1) is 17.9. The molecule has 0 radical (unpaired) electrons. The second kappa shape index (κ2) is 7.16. The van der Waals surface area contributed by atoms with E-state index >= 15 is 0 Å². The number of thioether (sulfide) groups is 1. The van der Waals surface area contributed by atoms with E-state index < -0.39 is 5.56 Å². The summed E-state index contributed by atoms with van der Waals surface area (Å²) in [4.78, 5) is 14.5. The number of anilines is 1. The van der Waals surface area contributed by atoms with Gasteiger partial charge in [-0.1, -0.05) is 41.7 Å². The molecule has 3 rings (SSSR count). The summed E-state index contributed by atoms with van der Waals surface area (Å²) in [7, 11) is 0. The number of hydrogen-bond acceptors (Lipinski definition) is 4. The maximum atomic E-state index is 12.2. The minimum absolute atomic E-state index is 0.0534. The Labute approximate surface area is 159 Å². The van der Waals surface area contributed by atoms with Gasteiger partial charge in [-0.25, -0.2) is 0 Å². The van der Waals surface area contributed by atoms with E-state index in [-0.39, 0.29) is 10.0 Å². The highest BCUT2D eigenvalue weighted by molar-refractivity contribution is 8.00. The van der Waals surface area contributed by atoms with Crippen LogP contribution in [0.1, 0.15) is 13.8 Å². The predicted molar refractivity (Wildman–Crippen MR) is 104 cm³/mol. The standard InChI is InChI=1S/C16H16Cl3N3OS/c1-9-10(2)24-6-5-21(9)14-4-3-11(7-12(14)17)22-16(23)15(19)13(18)8-20-22/h3-4,7-10H,5-6H2,1-2H3. The molecule has 0 saturated carbocycles. The molecule has 4 nitrogen and oxygen atoms in total. The van der Waals surface area contributed by atoms with Gasteiger partial charge in [0.2, 0.25) is 0 Å². The van der Waals surface area contributed by atoms with Gasteiger partial charge in [0.25, 0.3) is 5.56 Å². The van der Waals surface area contributed by atoms with E-state index in [2.05, 4.69) is 23.8 Å². The molecular weight excluding hydrogens is 389 g/mol. The fourth-order valence-corrected chi connectivity index (χ4v) is 4.37. The normalized spacial score (nSPS) is 21.1. The molecule has 1 fully saturated rings. The molecule has 0 N–H and O–H groups in total. The summed E-state index contributed by atoms with van der Waals surface area (Å²) >= 11 is 20.2. The van der Waals surface area contributed by atoms with Gasteiger partial charge in [-0.05, 0) is 25.1 Å². The first-order valence-corrected chi connectivity index (χ1v) is 9.70. The van der Waals surface area contributed by atoms with E-state index in [0.717, 1.165) is 18.0 Å². The summed E-state index contributed by atoms with van der Waals surface area (Å²) in [5.41, 5.74) is 1.05.